The van der Waals surface area contributed by atoms with Gasteiger partial charge in [-0.15, -0.1) is 0 Å². The second-order valence-corrected chi connectivity index (χ2v) is 5.00. The first-order valence-electron chi connectivity index (χ1n) is 5.71. The van der Waals surface area contributed by atoms with Crippen LogP contribution in [-0.2, 0) is 0 Å². The summed E-state index contributed by atoms with van der Waals surface area (Å²) < 4.78 is 0. The summed E-state index contributed by atoms with van der Waals surface area (Å²) in [6.45, 7) is -0.382. The Balaban J connectivity index is -0.000000221. The van der Waals surface area contributed by atoms with E-state index in [1.807, 2.05) is 0 Å². The summed E-state index contributed by atoms with van der Waals surface area (Å²) in [4.78, 5) is 0. The van der Waals surface area contributed by atoms with E-state index in [0.29, 0.717) is 11.5 Å². The Hall–Kier alpha value is 1.16. The molecule has 0 aliphatic carbocycles. The van der Waals surface area contributed by atoms with Crippen molar-refractivity contribution in [2.75, 3.05) is 36.2 Å². The van der Waals surface area contributed by atoms with Gasteiger partial charge in [0, 0.05) is 23.0 Å². The van der Waals surface area contributed by atoms with Crippen LogP contribution >= 0.6 is 50.5 Å². The third kappa shape index (κ3) is 21.5. The van der Waals surface area contributed by atoms with E-state index in [4.69, 9.17) is 30.6 Å². The van der Waals surface area contributed by atoms with E-state index in [9.17, 15) is 0 Å². The molecule has 6 N–H and O–H groups in total. The standard InChI is InChI=1S/C4H10O2S2.2C3H8O2S/c5-3(1-7)4(6)2-8;2*4-1-3(5)2-6/h3-8H,1-2H2;2*3-6H,1-2H2/t3-,4-;;/m0../s1. The Bertz CT molecular complexity index is 154. The smallest absolute Gasteiger partial charge is 0.0894 e. The van der Waals surface area contributed by atoms with Gasteiger partial charge < -0.3 is 30.6 Å². The Morgan fingerprint density at radius 1 is 0.550 bits per heavy atom. The molecule has 0 bridgehead atoms. The quantitative estimate of drug-likeness (QED) is 0.239. The topological polar surface area (TPSA) is 121 Å². The zero-order valence-corrected chi connectivity index (χ0v) is 14.6. The van der Waals surface area contributed by atoms with Gasteiger partial charge in [0.25, 0.3) is 0 Å². The van der Waals surface area contributed by atoms with Gasteiger partial charge in [-0.2, -0.15) is 50.5 Å². The molecular formula is C10H26O6S4. The SMILES string of the molecule is OCC(O)CS.OCC(O)CS.O[C@@H](CS)[C@@H](O)CS. The highest BCUT2D eigenvalue weighted by Crippen LogP contribution is 1.96. The maximum absolute atomic E-state index is 8.75. The molecule has 126 valence electrons. The third-order valence-electron chi connectivity index (χ3n) is 1.66. The minimum atomic E-state index is -0.740. The number of hydrogen-bond donors (Lipinski definition) is 10. The van der Waals surface area contributed by atoms with E-state index in [2.05, 4.69) is 50.5 Å². The Morgan fingerprint density at radius 2 is 0.800 bits per heavy atom. The van der Waals surface area contributed by atoms with Crippen molar-refractivity contribution < 1.29 is 30.6 Å². The summed E-state index contributed by atoms with van der Waals surface area (Å²) in [5.41, 5.74) is 0. The van der Waals surface area contributed by atoms with Crippen molar-refractivity contribution in [1.82, 2.24) is 0 Å². The van der Waals surface area contributed by atoms with E-state index in [0.717, 1.165) is 0 Å². The summed E-state index contributed by atoms with van der Waals surface area (Å²) >= 11 is 14.9. The van der Waals surface area contributed by atoms with Crippen LogP contribution in [0.1, 0.15) is 0 Å². The molecule has 0 aromatic carbocycles. The lowest BCUT2D eigenvalue weighted by Gasteiger charge is -2.11. The fourth-order valence-corrected chi connectivity index (χ4v) is 1.08. The fraction of sp³-hybridized carbons (Fsp3) is 1.00. The Kier molecular flexibility index (Phi) is 26.3. The molecule has 0 aliphatic heterocycles. The van der Waals surface area contributed by atoms with Crippen molar-refractivity contribution in [3.63, 3.8) is 0 Å². The molecule has 0 amide bonds. The van der Waals surface area contributed by atoms with Gasteiger partial charge in [0.05, 0.1) is 37.6 Å². The van der Waals surface area contributed by atoms with Crippen LogP contribution in [0.3, 0.4) is 0 Å². The molecule has 0 saturated carbocycles. The maximum Gasteiger partial charge on any atom is 0.0894 e. The van der Waals surface area contributed by atoms with Crippen LogP contribution in [0, 0.1) is 0 Å². The van der Waals surface area contributed by atoms with Crippen LogP contribution < -0.4 is 0 Å². The summed E-state index contributed by atoms with van der Waals surface area (Å²) in [5, 5.41) is 50.3. The summed E-state index contributed by atoms with van der Waals surface area (Å²) in [7, 11) is 0. The average Bonchev–Trinajstić information content (AvgIpc) is 2.52. The molecule has 0 heterocycles. The third-order valence-corrected chi connectivity index (χ3v) is 3.25. The minimum Gasteiger partial charge on any atom is -0.394 e. The minimum absolute atomic E-state index is 0.191. The first kappa shape index (κ1) is 26.1. The molecule has 6 nitrogen and oxygen atoms in total. The summed E-state index contributed by atoms with van der Waals surface area (Å²) in [6, 6.07) is 0. The maximum atomic E-state index is 8.75. The lowest BCUT2D eigenvalue weighted by molar-refractivity contribution is 0.0504. The van der Waals surface area contributed by atoms with Crippen LogP contribution in [0.4, 0.5) is 0 Å². The number of hydrogen-bond acceptors (Lipinski definition) is 10. The van der Waals surface area contributed by atoms with Gasteiger partial charge in [-0.1, -0.05) is 0 Å². The van der Waals surface area contributed by atoms with Crippen LogP contribution in [0.15, 0.2) is 0 Å². The molecule has 0 rings (SSSR count). The van der Waals surface area contributed by atoms with Crippen molar-refractivity contribution in [1.29, 1.82) is 0 Å². The van der Waals surface area contributed by atoms with Gasteiger partial charge in [0.15, 0.2) is 0 Å². The molecule has 10 heteroatoms. The predicted octanol–water partition coefficient (Wildman–Crippen LogP) is -1.89. The number of aliphatic hydroxyl groups excluding tert-OH is 6. The second-order valence-electron chi connectivity index (χ2n) is 3.54. The van der Waals surface area contributed by atoms with E-state index in [1.54, 1.807) is 0 Å². The highest BCUT2D eigenvalue weighted by molar-refractivity contribution is 7.80. The lowest BCUT2D eigenvalue weighted by atomic mass is 10.3. The van der Waals surface area contributed by atoms with Gasteiger partial charge in [-0.05, 0) is 0 Å². The lowest BCUT2D eigenvalue weighted by Crippen LogP contribution is -2.28. The van der Waals surface area contributed by atoms with E-state index in [-0.39, 0.29) is 24.7 Å². The van der Waals surface area contributed by atoms with Crippen LogP contribution in [0.25, 0.3) is 0 Å². The Labute approximate surface area is 141 Å². The number of thiol groups is 4. The van der Waals surface area contributed by atoms with E-state index >= 15 is 0 Å². The van der Waals surface area contributed by atoms with Gasteiger partial charge in [0.2, 0.25) is 0 Å². The normalized spacial score (nSPS) is 15.9. The second kappa shape index (κ2) is 20.2. The van der Waals surface area contributed by atoms with Gasteiger partial charge in [0.1, 0.15) is 0 Å². The van der Waals surface area contributed by atoms with Crippen LogP contribution in [0.2, 0.25) is 0 Å². The Morgan fingerprint density at radius 3 is 0.850 bits per heavy atom. The van der Waals surface area contributed by atoms with E-state index in [1.165, 1.54) is 0 Å². The molecule has 0 spiro atoms. The summed E-state index contributed by atoms with van der Waals surface area (Å²) in [5.74, 6) is 1.22. The first-order chi connectivity index (χ1) is 9.33. The highest BCUT2D eigenvalue weighted by Gasteiger charge is 2.10. The van der Waals surface area contributed by atoms with Gasteiger partial charge in [-0.25, -0.2) is 0 Å². The van der Waals surface area contributed by atoms with E-state index < -0.39 is 24.4 Å². The van der Waals surface area contributed by atoms with Crippen molar-refractivity contribution in [3.8, 4) is 0 Å². The van der Waals surface area contributed by atoms with Crippen LogP contribution in [0.5, 0.6) is 0 Å². The molecular weight excluding hydrogens is 344 g/mol. The summed E-state index contributed by atoms with van der Waals surface area (Å²) in [6.07, 6.45) is -2.77. The van der Waals surface area contributed by atoms with Crippen molar-refractivity contribution in [2.24, 2.45) is 0 Å². The number of aliphatic hydroxyl groups is 6. The highest BCUT2D eigenvalue weighted by atomic mass is 32.1. The molecule has 0 fully saturated rings. The molecule has 0 saturated heterocycles. The van der Waals surface area contributed by atoms with Gasteiger partial charge in [-0.3, -0.25) is 0 Å². The first-order valence-corrected chi connectivity index (χ1v) is 8.24. The molecule has 0 aromatic heterocycles. The largest absolute Gasteiger partial charge is 0.394 e. The van der Waals surface area contributed by atoms with Crippen molar-refractivity contribution in [2.45, 2.75) is 24.4 Å². The van der Waals surface area contributed by atoms with Crippen molar-refractivity contribution >= 4 is 50.5 Å². The molecule has 0 radical (unpaired) electrons. The average molecular weight is 371 g/mol. The monoisotopic (exact) mass is 370 g/mol. The molecule has 4 atom stereocenters. The fourth-order valence-electron chi connectivity index (χ4n) is 0.359. The molecule has 0 aliphatic rings. The predicted molar refractivity (Wildman–Crippen MR) is 93.6 cm³/mol. The van der Waals surface area contributed by atoms with Crippen molar-refractivity contribution in [3.05, 3.63) is 0 Å². The molecule has 0 aromatic rings. The molecule has 20 heavy (non-hydrogen) atoms. The molecule has 2 unspecified atom stereocenters. The van der Waals surface area contributed by atoms with Gasteiger partial charge >= 0.3 is 0 Å². The zero-order valence-electron chi connectivity index (χ0n) is 11.0. The zero-order chi connectivity index (χ0) is 16.6. The van der Waals surface area contributed by atoms with Crippen LogP contribution in [-0.4, -0.2) is 91.3 Å². The number of rotatable bonds is 7.